The lowest BCUT2D eigenvalue weighted by Gasteiger charge is -2.02. The molecule has 0 aliphatic heterocycles. The number of nitrogens with zero attached hydrogens (tertiary/aromatic N) is 3. The minimum absolute atomic E-state index is 0.150. The molecule has 6 heteroatoms. The summed E-state index contributed by atoms with van der Waals surface area (Å²) < 4.78 is 2.10. The average Bonchev–Trinajstić information content (AvgIpc) is 2.66. The number of aryl methyl sites for hydroxylation is 2. The summed E-state index contributed by atoms with van der Waals surface area (Å²) in [7, 11) is 0. The van der Waals surface area contributed by atoms with E-state index < -0.39 is 0 Å². The maximum atomic E-state index is 9.09. The van der Waals surface area contributed by atoms with E-state index in [-0.39, 0.29) is 6.61 Å². The quantitative estimate of drug-likeness (QED) is 0.794. The van der Waals surface area contributed by atoms with Gasteiger partial charge in [-0.15, -0.1) is 0 Å². The van der Waals surface area contributed by atoms with Crippen molar-refractivity contribution in [3.8, 4) is 0 Å². The molecule has 0 bridgehead atoms. The SMILES string of the molecule is Cc1ncc(C[n+]2csc(C)c2CCO)c(N)n1. The molecule has 0 unspecified atom stereocenters. The molecule has 2 heterocycles. The van der Waals surface area contributed by atoms with Crippen LogP contribution >= 0.6 is 11.3 Å². The molecule has 0 radical (unpaired) electrons. The fraction of sp³-hybridized carbons (Fsp3) is 0.417. The monoisotopic (exact) mass is 265 g/mol. The molecular formula is C12H17N4OS+. The van der Waals surface area contributed by atoms with Crippen LogP contribution in [0.2, 0.25) is 0 Å². The fourth-order valence-corrected chi connectivity index (χ4v) is 2.70. The highest BCUT2D eigenvalue weighted by molar-refractivity contribution is 7.09. The van der Waals surface area contributed by atoms with E-state index >= 15 is 0 Å². The first-order valence-corrected chi connectivity index (χ1v) is 6.65. The number of hydrogen-bond acceptors (Lipinski definition) is 5. The van der Waals surface area contributed by atoms with Gasteiger partial charge in [0.1, 0.15) is 11.6 Å². The van der Waals surface area contributed by atoms with Gasteiger partial charge >= 0.3 is 0 Å². The highest BCUT2D eigenvalue weighted by Crippen LogP contribution is 2.13. The third-order valence-electron chi connectivity index (χ3n) is 2.82. The van der Waals surface area contributed by atoms with Gasteiger partial charge in [0, 0.05) is 6.20 Å². The molecule has 0 amide bonds. The summed E-state index contributed by atoms with van der Waals surface area (Å²) in [6.07, 6.45) is 2.42. The van der Waals surface area contributed by atoms with E-state index in [4.69, 9.17) is 10.8 Å². The van der Waals surface area contributed by atoms with Crippen molar-refractivity contribution in [2.75, 3.05) is 12.3 Å². The molecule has 0 fully saturated rings. The summed E-state index contributed by atoms with van der Waals surface area (Å²) >= 11 is 1.67. The zero-order valence-electron chi connectivity index (χ0n) is 10.6. The van der Waals surface area contributed by atoms with Gasteiger partial charge in [0.15, 0.2) is 12.2 Å². The van der Waals surface area contributed by atoms with Gasteiger partial charge in [0.2, 0.25) is 5.51 Å². The van der Waals surface area contributed by atoms with Crippen LogP contribution in [0.3, 0.4) is 0 Å². The Bertz CT molecular complexity index is 553. The van der Waals surface area contributed by atoms with Gasteiger partial charge in [-0.05, 0) is 13.8 Å². The Morgan fingerprint density at radius 1 is 1.44 bits per heavy atom. The minimum Gasteiger partial charge on any atom is -0.396 e. The summed E-state index contributed by atoms with van der Waals surface area (Å²) in [6, 6.07) is 0. The van der Waals surface area contributed by atoms with Crippen LogP contribution in [0.1, 0.15) is 22.0 Å². The molecule has 2 aromatic rings. The third kappa shape index (κ3) is 2.65. The second-order valence-corrected chi connectivity index (χ2v) is 5.21. The van der Waals surface area contributed by atoms with Crippen LogP contribution in [-0.4, -0.2) is 21.7 Å². The van der Waals surface area contributed by atoms with Crippen molar-refractivity contribution in [2.45, 2.75) is 26.8 Å². The summed E-state index contributed by atoms with van der Waals surface area (Å²) in [4.78, 5) is 9.55. The van der Waals surface area contributed by atoms with Crippen LogP contribution in [-0.2, 0) is 13.0 Å². The molecule has 5 nitrogen and oxygen atoms in total. The molecular weight excluding hydrogens is 248 g/mol. The van der Waals surface area contributed by atoms with Crippen molar-refractivity contribution < 1.29 is 9.67 Å². The van der Waals surface area contributed by atoms with Crippen LogP contribution in [0.25, 0.3) is 0 Å². The van der Waals surface area contributed by atoms with Gasteiger partial charge < -0.3 is 10.8 Å². The van der Waals surface area contributed by atoms with Crippen LogP contribution < -0.4 is 10.3 Å². The number of aliphatic hydroxyl groups is 1. The first kappa shape index (κ1) is 12.9. The number of nitrogen functional groups attached to an aromatic ring is 1. The zero-order chi connectivity index (χ0) is 13.1. The Kier molecular flexibility index (Phi) is 3.88. The van der Waals surface area contributed by atoms with Crippen LogP contribution in [0.15, 0.2) is 11.7 Å². The molecule has 2 rings (SSSR count). The van der Waals surface area contributed by atoms with Crippen molar-refractivity contribution in [3.05, 3.63) is 33.7 Å². The smallest absolute Gasteiger partial charge is 0.225 e. The van der Waals surface area contributed by atoms with E-state index in [2.05, 4.69) is 21.5 Å². The summed E-state index contributed by atoms with van der Waals surface area (Å²) in [5.41, 5.74) is 9.98. The summed E-state index contributed by atoms with van der Waals surface area (Å²) in [5.74, 6) is 1.20. The van der Waals surface area contributed by atoms with Gasteiger partial charge in [-0.3, -0.25) is 0 Å². The van der Waals surface area contributed by atoms with E-state index in [0.29, 0.717) is 24.6 Å². The first-order valence-electron chi connectivity index (χ1n) is 5.77. The number of thiazole rings is 1. The third-order valence-corrected chi connectivity index (χ3v) is 3.77. The van der Waals surface area contributed by atoms with Crippen molar-refractivity contribution in [3.63, 3.8) is 0 Å². The molecule has 0 spiro atoms. The molecule has 0 aliphatic rings. The Morgan fingerprint density at radius 2 is 2.22 bits per heavy atom. The predicted octanol–water partition coefficient (Wildman–Crippen LogP) is 0.608. The number of anilines is 1. The Morgan fingerprint density at radius 3 is 2.89 bits per heavy atom. The largest absolute Gasteiger partial charge is 0.396 e. The Hall–Kier alpha value is -1.53. The number of aliphatic hydroxyl groups excluding tert-OH is 1. The van der Waals surface area contributed by atoms with Gasteiger partial charge in [-0.2, -0.15) is 4.57 Å². The molecule has 0 aliphatic carbocycles. The lowest BCUT2D eigenvalue weighted by Crippen LogP contribution is -2.37. The molecule has 96 valence electrons. The molecule has 0 saturated heterocycles. The van der Waals surface area contributed by atoms with Gasteiger partial charge in [-0.25, -0.2) is 9.97 Å². The van der Waals surface area contributed by atoms with E-state index in [1.54, 1.807) is 17.5 Å². The van der Waals surface area contributed by atoms with E-state index in [0.717, 1.165) is 11.3 Å². The standard InChI is InChI=1S/C12H17N4OS/c1-8-11(3-4-17)16(7-18-8)6-10-5-14-9(2)15-12(10)13/h5,7,17H,3-4,6H2,1-2H3,(H2,13,14,15)/q+1. The van der Waals surface area contributed by atoms with Crippen molar-refractivity contribution in [1.82, 2.24) is 9.97 Å². The second kappa shape index (κ2) is 5.41. The number of nitrogens with two attached hydrogens (primary N) is 1. The van der Waals surface area contributed by atoms with Gasteiger partial charge in [0.05, 0.1) is 23.5 Å². The minimum atomic E-state index is 0.150. The highest BCUT2D eigenvalue weighted by atomic mass is 32.1. The van der Waals surface area contributed by atoms with E-state index in [9.17, 15) is 0 Å². The van der Waals surface area contributed by atoms with Crippen LogP contribution in [0, 0.1) is 13.8 Å². The summed E-state index contributed by atoms with van der Waals surface area (Å²) in [6.45, 7) is 4.67. The van der Waals surface area contributed by atoms with Crippen molar-refractivity contribution in [2.24, 2.45) is 0 Å². The fourth-order valence-electron chi connectivity index (χ4n) is 1.85. The number of aromatic nitrogens is 3. The summed E-state index contributed by atoms with van der Waals surface area (Å²) in [5, 5.41) is 9.09. The average molecular weight is 265 g/mol. The zero-order valence-corrected chi connectivity index (χ0v) is 11.4. The molecule has 2 aromatic heterocycles. The van der Waals surface area contributed by atoms with Crippen molar-refractivity contribution in [1.29, 1.82) is 0 Å². The van der Waals surface area contributed by atoms with Crippen LogP contribution in [0.4, 0.5) is 5.82 Å². The number of hydrogen-bond donors (Lipinski definition) is 2. The first-order chi connectivity index (χ1) is 8.61. The Balaban J connectivity index is 2.28. The molecule has 0 atom stereocenters. The maximum Gasteiger partial charge on any atom is 0.225 e. The van der Waals surface area contributed by atoms with Gasteiger partial charge in [-0.1, -0.05) is 11.3 Å². The molecule has 0 aromatic carbocycles. The predicted molar refractivity (Wildman–Crippen MR) is 70.3 cm³/mol. The molecule has 18 heavy (non-hydrogen) atoms. The van der Waals surface area contributed by atoms with Gasteiger partial charge in [0.25, 0.3) is 0 Å². The van der Waals surface area contributed by atoms with E-state index in [1.807, 2.05) is 12.4 Å². The second-order valence-electron chi connectivity index (χ2n) is 4.16. The van der Waals surface area contributed by atoms with Crippen LogP contribution in [0.5, 0.6) is 0 Å². The lowest BCUT2D eigenvalue weighted by atomic mass is 10.2. The topological polar surface area (TPSA) is 75.9 Å². The maximum absolute atomic E-state index is 9.09. The molecule has 0 saturated carbocycles. The van der Waals surface area contributed by atoms with E-state index in [1.165, 1.54) is 4.88 Å². The van der Waals surface area contributed by atoms with Crippen molar-refractivity contribution >= 4 is 17.2 Å². The normalized spacial score (nSPS) is 10.8. The lowest BCUT2D eigenvalue weighted by molar-refractivity contribution is -0.691. The number of rotatable bonds is 4. The highest BCUT2D eigenvalue weighted by Gasteiger charge is 2.18. The molecule has 3 N–H and O–H groups in total. The Labute approximate surface area is 110 Å².